The minimum atomic E-state index is 0.502. The van der Waals surface area contributed by atoms with E-state index in [1.807, 2.05) is 6.92 Å². The van der Waals surface area contributed by atoms with Gasteiger partial charge in [0.15, 0.2) is 5.96 Å². The van der Waals surface area contributed by atoms with Crippen molar-refractivity contribution in [2.75, 3.05) is 57.4 Å². The molecule has 27 heavy (non-hydrogen) atoms. The number of aliphatic imine (C=N–C) groups is 1. The molecule has 1 saturated heterocycles. The molecule has 1 aromatic rings. The summed E-state index contributed by atoms with van der Waals surface area (Å²) in [5.41, 5.74) is 8.42. The molecule has 3 rings (SSSR count). The predicted octanol–water partition coefficient (Wildman–Crippen LogP) is 2.05. The minimum Gasteiger partial charge on any atom is -0.382 e. The summed E-state index contributed by atoms with van der Waals surface area (Å²) in [5.74, 6) is 1.49. The SMILES string of the molecule is CCOCCCNC(N)=NCc1ccc(N2CCN(CC3CC3)CC2)cc1. The fraction of sp³-hybridized carbons (Fsp3) is 0.667. The molecule has 1 saturated carbocycles. The number of ether oxygens (including phenoxy) is 1. The van der Waals surface area contributed by atoms with Gasteiger partial charge < -0.3 is 20.7 Å². The molecule has 1 aliphatic carbocycles. The molecule has 0 radical (unpaired) electrons. The molecule has 3 N–H and O–H groups in total. The largest absolute Gasteiger partial charge is 0.382 e. The third kappa shape index (κ3) is 7.03. The lowest BCUT2D eigenvalue weighted by Gasteiger charge is -2.36. The highest BCUT2D eigenvalue weighted by Gasteiger charge is 2.26. The Morgan fingerprint density at radius 1 is 1.19 bits per heavy atom. The van der Waals surface area contributed by atoms with Gasteiger partial charge in [0.1, 0.15) is 0 Å². The van der Waals surface area contributed by atoms with Gasteiger partial charge in [-0.1, -0.05) is 12.1 Å². The molecular formula is C21H35N5O. The summed E-state index contributed by atoms with van der Waals surface area (Å²) in [7, 11) is 0. The lowest BCUT2D eigenvalue weighted by molar-refractivity contribution is 0.145. The molecule has 6 heteroatoms. The lowest BCUT2D eigenvalue weighted by atomic mass is 10.1. The zero-order valence-corrected chi connectivity index (χ0v) is 16.7. The molecule has 0 spiro atoms. The van der Waals surface area contributed by atoms with Crippen LogP contribution in [0.15, 0.2) is 29.3 Å². The van der Waals surface area contributed by atoms with Crippen LogP contribution in [-0.2, 0) is 11.3 Å². The van der Waals surface area contributed by atoms with Gasteiger partial charge >= 0.3 is 0 Å². The van der Waals surface area contributed by atoms with Crippen LogP contribution >= 0.6 is 0 Å². The number of hydrogen-bond donors (Lipinski definition) is 2. The van der Waals surface area contributed by atoms with Gasteiger partial charge in [-0.25, -0.2) is 4.99 Å². The van der Waals surface area contributed by atoms with E-state index in [4.69, 9.17) is 10.5 Å². The van der Waals surface area contributed by atoms with Crippen LogP contribution in [0.4, 0.5) is 5.69 Å². The van der Waals surface area contributed by atoms with Crippen molar-refractivity contribution < 1.29 is 4.74 Å². The molecule has 0 amide bonds. The second-order valence-corrected chi connectivity index (χ2v) is 7.58. The van der Waals surface area contributed by atoms with Crippen LogP contribution in [0.1, 0.15) is 31.7 Å². The molecule has 6 nitrogen and oxygen atoms in total. The number of piperazine rings is 1. The summed E-state index contributed by atoms with van der Waals surface area (Å²) in [5, 5.41) is 3.13. The van der Waals surface area contributed by atoms with E-state index < -0.39 is 0 Å². The van der Waals surface area contributed by atoms with Crippen LogP contribution in [0.3, 0.4) is 0 Å². The minimum absolute atomic E-state index is 0.502. The van der Waals surface area contributed by atoms with Gasteiger partial charge in [0, 0.05) is 58.2 Å². The standard InChI is InChI=1S/C21H35N5O/c1-2-27-15-3-10-23-21(22)24-16-18-6-8-20(9-7-18)26-13-11-25(12-14-26)17-19-4-5-19/h6-9,19H,2-5,10-17H2,1H3,(H3,22,23,24). The quantitative estimate of drug-likeness (QED) is 0.373. The fourth-order valence-corrected chi connectivity index (χ4v) is 3.43. The summed E-state index contributed by atoms with van der Waals surface area (Å²) >= 11 is 0. The highest BCUT2D eigenvalue weighted by atomic mass is 16.5. The molecule has 0 bridgehead atoms. The first-order valence-corrected chi connectivity index (χ1v) is 10.4. The van der Waals surface area contributed by atoms with E-state index in [-0.39, 0.29) is 0 Å². The number of nitrogens with two attached hydrogens (primary N) is 1. The van der Waals surface area contributed by atoms with Gasteiger partial charge in [0.05, 0.1) is 6.54 Å². The highest BCUT2D eigenvalue weighted by Crippen LogP contribution is 2.30. The third-order valence-electron chi connectivity index (χ3n) is 5.29. The smallest absolute Gasteiger partial charge is 0.188 e. The van der Waals surface area contributed by atoms with Crippen molar-refractivity contribution in [3.05, 3.63) is 29.8 Å². The summed E-state index contributed by atoms with van der Waals surface area (Å²) in [4.78, 5) is 9.54. The van der Waals surface area contributed by atoms with E-state index in [9.17, 15) is 0 Å². The zero-order chi connectivity index (χ0) is 18.9. The van der Waals surface area contributed by atoms with E-state index in [0.717, 1.165) is 45.2 Å². The number of benzene rings is 1. The van der Waals surface area contributed by atoms with E-state index in [1.54, 1.807) is 0 Å². The molecule has 2 aliphatic rings. The summed E-state index contributed by atoms with van der Waals surface area (Å²) in [6, 6.07) is 8.76. The highest BCUT2D eigenvalue weighted by molar-refractivity contribution is 5.77. The Labute approximate surface area is 163 Å². The molecule has 0 aromatic heterocycles. The molecule has 150 valence electrons. The topological polar surface area (TPSA) is 66.1 Å². The lowest BCUT2D eigenvalue weighted by Crippen LogP contribution is -2.47. The molecule has 1 aliphatic heterocycles. The average Bonchev–Trinajstić information content (AvgIpc) is 3.51. The molecule has 0 unspecified atom stereocenters. The third-order valence-corrected chi connectivity index (χ3v) is 5.29. The van der Waals surface area contributed by atoms with E-state index in [1.165, 1.54) is 43.7 Å². The number of anilines is 1. The normalized spacial score (nSPS) is 18.7. The van der Waals surface area contributed by atoms with Gasteiger partial charge in [-0.2, -0.15) is 0 Å². The maximum absolute atomic E-state index is 5.92. The molecule has 2 fully saturated rings. The zero-order valence-electron chi connectivity index (χ0n) is 16.7. The first kappa shape index (κ1) is 20.0. The average molecular weight is 374 g/mol. The summed E-state index contributed by atoms with van der Waals surface area (Å²) < 4.78 is 5.30. The Morgan fingerprint density at radius 2 is 1.93 bits per heavy atom. The van der Waals surface area contributed by atoms with Crippen LogP contribution in [0.25, 0.3) is 0 Å². The Balaban J connectivity index is 1.37. The van der Waals surface area contributed by atoms with Gasteiger partial charge in [-0.3, -0.25) is 4.90 Å². The molecular weight excluding hydrogens is 338 g/mol. The Morgan fingerprint density at radius 3 is 2.59 bits per heavy atom. The maximum atomic E-state index is 5.92. The van der Waals surface area contributed by atoms with Crippen molar-refractivity contribution in [2.45, 2.75) is 32.7 Å². The first-order chi connectivity index (χ1) is 13.2. The van der Waals surface area contributed by atoms with E-state index >= 15 is 0 Å². The Kier molecular flexibility index (Phi) is 7.78. The van der Waals surface area contributed by atoms with Crippen LogP contribution in [0, 0.1) is 5.92 Å². The van der Waals surface area contributed by atoms with Gasteiger partial charge in [0.25, 0.3) is 0 Å². The van der Waals surface area contributed by atoms with Gasteiger partial charge in [-0.05, 0) is 49.8 Å². The number of guanidine groups is 1. The van der Waals surface area contributed by atoms with Crippen molar-refractivity contribution in [1.29, 1.82) is 0 Å². The second kappa shape index (κ2) is 10.5. The van der Waals surface area contributed by atoms with Crippen molar-refractivity contribution in [1.82, 2.24) is 10.2 Å². The van der Waals surface area contributed by atoms with Crippen molar-refractivity contribution in [2.24, 2.45) is 16.6 Å². The van der Waals surface area contributed by atoms with E-state index in [0.29, 0.717) is 12.5 Å². The first-order valence-electron chi connectivity index (χ1n) is 10.4. The van der Waals surface area contributed by atoms with Crippen molar-refractivity contribution in [3.63, 3.8) is 0 Å². The fourth-order valence-electron chi connectivity index (χ4n) is 3.43. The van der Waals surface area contributed by atoms with Crippen LogP contribution in [0.2, 0.25) is 0 Å². The molecule has 1 aromatic carbocycles. The van der Waals surface area contributed by atoms with Gasteiger partial charge in [0.2, 0.25) is 0 Å². The monoisotopic (exact) mass is 373 g/mol. The van der Waals surface area contributed by atoms with Crippen LogP contribution < -0.4 is 16.0 Å². The molecule has 0 atom stereocenters. The maximum Gasteiger partial charge on any atom is 0.188 e. The summed E-state index contributed by atoms with van der Waals surface area (Å²) in [6.45, 7) is 10.9. The van der Waals surface area contributed by atoms with Crippen LogP contribution in [-0.4, -0.2) is 63.3 Å². The second-order valence-electron chi connectivity index (χ2n) is 7.58. The Hall–Kier alpha value is -1.79. The van der Waals surface area contributed by atoms with Gasteiger partial charge in [-0.15, -0.1) is 0 Å². The van der Waals surface area contributed by atoms with E-state index in [2.05, 4.69) is 44.4 Å². The predicted molar refractivity (Wildman–Crippen MR) is 112 cm³/mol. The number of hydrogen-bond acceptors (Lipinski definition) is 4. The van der Waals surface area contributed by atoms with Crippen LogP contribution in [0.5, 0.6) is 0 Å². The summed E-state index contributed by atoms with van der Waals surface area (Å²) in [6.07, 6.45) is 3.82. The molecule has 1 heterocycles. The van der Waals surface area contributed by atoms with Crippen molar-refractivity contribution in [3.8, 4) is 0 Å². The number of nitrogens with zero attached hydrogens (tertiary/aromatic N) is 3. The Bertz CT molecular complexity index is 577. The number of rotatable bonds is 10. The number of nitrogens with one attached hydrogen (secondary N) is 1. The van der Waals surface area contributed by atoms with Crippen molar-refractivity contribution >= 4 is 11.6 Å².